The summed E-state index contributed by atoms with van der Waals surface area (Å²) < 4.78 is 11.4. The van der Waals surface area contributed by atoms with Crippen LogP contribution in [0.2, 0.25) is 0 Å². The minimum Gasteiger partial charge on any atom is -0.458 e. The van der Waals surface area contributed by atoms with Crippen LogP contribution in [-0.4, -0.2) is 11.6 Å². The number of allylic oxidation sites excluding steroid dienone is 1. The highest BCUT2D eigenvalue weighted by molar-refractivity contribution is 5.84. The molecule has 2 aromatic carbocycles. The lowest BCUT2D eigenvalue weighted by Gasteiger charge is -2.33. The summed E-state index contributed by atoms with van der Waals surface area (Å²) in [6, 6.07) is 15.0. The van der Waals surface area contributed by atoms with Gasteiger partial charge in [-0.15, -0.1) is 0 Å². The van der Waals surface area contributed by atoms with Crippen LogP contribution in [0.3, 0.4) is 0 Å². The smallest absolute Gasteiger partial charge is 0.331 e. The number of ether oxygens (including phenoxy) is 2. The molecule has 0 saturated carbocycles. The highest BCUT2D eigenvalue weighted by Crippen LogP contribution is 2.36. The van der Waals surface area contributed by atoms with E-state index in [1.165, 1.54) is 0 Å². The molecule has 6 heteroatoms. The Hall–Kier alpha value is -2.99. The van der Waals surface area contributed by atoms with Crippen LogP contribution in [0.25, 0.3) is 0 Å². The molecule has 1 aliphatic heterocycles. The van der Waals surface area contributed by atoms with Crippen molar-refractivity contribution < 1.29 is 14.3 Å². The summed E-state index contributed by atoms with van der Waals surface area (Å²) in [4.78, 5) is 13.1. The molecule has 0 aliphatic carbocycles. The normalized spacial score (nSPS) is 15.8. The van der Waals surface area contributed by atoms with E-state index in [9.17, 15) is 4.79 Å². The molecular weight excluding hydrogens is 354 g/mol. The maximum atomic E-state index is 13.1. The first kappa shape index (κ1) is 19.8. The van der Waals surface area contributed by atoms with Gasteiger partial charge in [0.15, 0.2) is 5.75 Å². The third-order valence-corrected chi connectivity index (χ3v) is 4.50. The molecule has 1 unspecified atom stereocenters. The summed E-state index contributed by atoms with van der Waals surface area (Å²) in [5.74, 6) is 1.16. The van der Waals surface area contributed by atoms with Crippen molar-refractivity contribution in [3.8, 4) is 5.75 Å². The quantitative estimate of drug-likeness (QED) is 0.702. The lowest BCUT2D eigenvalue weighted by Crippen LogP contribution is -2.50. The highest BCUT2D eigenvalue weighted by atomic mass is 16.6. The van der Waals surface area contributed by atoms with Crippen LogP contribution in [0.15, 0.2) is 60.1 Å². The van der Waals surface area contributed by atoms with Gasteiger partial charge in [-0.2, -0.15) is 0 Å². The SMILES string of the molecule is CC1=C(N)Nc2cc(C(N)(Cc3ccccc3)C(=O)OC(C)(C)C)ccc2O1. The molecular formula is C22H27N3O3. The Bertz CT molecular complexity index is 916. The fourth-order valence-corrected chi connectivity index (χ4v) is 3.03. The van der Waals surface area contributed by atoms with Crippen molar-refractivity contribution in [2.45, 2.75) is 45.3 Å². The zero-order chi connectivity index (χ0) is 20.5. The van der Waals surface area contributed by atoms with Gasteiger partial charge in [0.25, 0.3) is 0 Å². The first-order valence-corrected chi connectivity index (χ1v) is 9.20. The second kappa shape index (κ2) is 7.20. The topological polar surface area (TPSA) is 99.6 Å². The van der Waals surface area contributed by atoms with E-state index < -0.39 is 17.1 Å². The van der Waals surface area contributed by atoms with E-state index in [-0.39, 0.29) is 0 Å². The van der Waals surface area contributed by atoms with E-state index >= 15 is 0 Å². The number of hydrogen-bond donors (Lipinski definition) is 3. The Kier molecular flexibility index (Phi) is 5.08. The number of rotatable bonds is 4. The van der Waals surface area contributed by atoms with Gasteiger partial charge in [0, 0.05) is 6.42 Å². The Morgan fingerprint density at radius 2 is 1.82 bits per heavy atom. The summed E-state index contributed by atoms with van der Waals surface area (Å²) in [5.41, 5.74) is 12.8. The molecule has 0 saturated heterocycles. The fourth-order valence-electron chi connectivity index (χ4n) is 3.03. The van der Waals surface area contributed by atoms with Gasteiger partial charge in [0.2, 0.25) is 0 Å². The standard InChI is InChI=1S/C22H27N3O3/c1-14-19(23)25-17-12-16(10-11-18(17)27-14)22(24,20(26)28-21(2,3)4)13-15-8-6-5-7-9-15/h5-12,25H,13,23-24H2,1-4H3. The molecule has 0 amide bonds. The molecule has 0 bridgehead atoms. The molecule has 5 N–H and O–H groups in total. The second-order valence-corrected chi connectivity index (χ2v) is 8.04. The van der Waals surface area contributed by atoms with Crippen molar-refractivity contribution in [1.29, 1.82) is 0 Å². The predicted molar refractivity (Wildman–Crippen MR) is 109 cm³/mol. The van der Waals surface area contributed by atoms with Crippen LogP contribution >= 0.6 is 0 Å². The average Bonchev–Trinajstić information content (AvgIpc) is 2.61. The van der Waals surface area contributed by atoms with Crippen molar-refractivity contribution in [1.82, 2.24) is 0 Å². The van der Waals surface area contributed by atoms with Gasteiger partial charge < -0.3 is 26.3 Å². The molecule has 1 atom stereocenters. The molecule has 2 aromatic rings. The first-order chi connectivity index (χ1) is 13.1. The summed E-state index contributed by atoms with van der Waals surface area (Å²) >= 11 is 0. The molecule has 3 rings (SSSR count). The molecule has 0 aromatic heterocycles. The highest BCUT2D eigenvalue weighted by Gasteiger charge is 2.40. The van der Waals surface area contributed by atoms with E-state index in [2.05, 4.69) is 5.32 Å². The Balaban J connectivity index is 2.02. The second-order valence-electron chi connectivity index (χ2n) is 8.04. The summed E-state index contributed by atoms with van der Waals surface area (Å²) in [6.07, 6.45) is 0.298. The van der Waals surface area contributed by atoms with E-state index in [1.807, 2.05) is 51.1 Å². The largest absolute Gasteiger partial charge is 0.458 e. The Morgan fingerprint density at radius 3 is 2.46 bits per heavy atom. The van der Waals surface area contributed by atoms with Crippen molar-refractivity contribution >= 4 is 11.7 Å². The van der Waals surface area contributed by atoms with Gasteiger partial charge >= 0.3 is 5.97 Å². The lowest BCUT2D eigenvalue weighted by molar-refractivity contribution is -0.162. The van der Waals surface area contributed by atoms with Crippen molar-refractivity contribution in [2.75, 3.05) is 5.32 Å². The lowest BCUT2D eigenvalue weighted by atomic mass is 9.84. The van der Waals surface area contributed by atoms with Crippen LogP contribution < -0.4 is 21.5 Å². The van der Waals surface area contributed by atoms with Crippen LogP contribution in [-0.2, 0) is 21.5 Å². The van der Waals surface area contributed by atoms with E-state index in [0.29, 0.717) is 35.0 Å². The summed E-state index contributed by atoms with van der Waals surface area (Å²) in [7, 11) is 0. The zero-order valence-corrected chi connectivity index (χ0v) is 16.7. The molecule has 0 fully saturated rings. The molecule has 1 heterocycles. The minimum atomic E-state index is -1.36. The van der Waals surface area contributed by atoms with Crippen molar-refractivity contribution in [2.24, 2.45) is 11.5 Å². The van der Waals surface area contributed by atoms with Gasteiger partial charge in [-0.25, -0.2) is 4.79 Å². The number of carbonyl (C=O) groups is 1. The van der Waals surface area contributed by atoms with Gasteiger partial charge in [-0.1, -0.05) is 36.4 Å². The number of carbonyl (C=O) groups excluding carboxylic acids is 1. The van der Waals surface area contributed by atoms with Gasteiger partial charge in [0.1, 0.15) is 22.7 Å². The number of hydrogen-bond acceptors (Lipinski definition) is 6. The van der Waals surface area contributed by atoms with E-state index in [4.69, 9.17) is 20.9 Å². The molecule has 1 aliphatic rings. The van der Waals surface area contributed by atoms with E-state index in [0.717, 1.165) is 5.56 Å². The van der Waals surface area contributed by atoms with Crippen LogP contribution in [0.4, 0.5) is 5.69 Å². The third-order valence-electron chi connectivity index (χ3n) is 4.50. The van der Waals surface area contributed by atoms with Crippen LogP contribution in [0.5, 0.6) is 5.75 Å². The van der Waals surface area contributed by atoms with Crippen LogP contribution in [0, 0.1) is 0 Å². The number of benzene rings is 2. The number of fused-ring (bicyclic) bond motifs is 1. The van der Waals surface area contributed by atoms with Crippen LogP contribution in [0.1, 0.15) is 38.8 Å². The molecule has 0 spiro atoms. The van der Waals surface area contributed by atoms with Gasteiger partial charge in [0.05, 0.1) is 5.69 Å². The van der Waals surface area contributed by atoms with Gasteiger partial charge in [-0.3, -0.25) is 0 Å². The molecule has 6 nitrogen and oxygen atoms in total. The van der Waals surface area contributed by atoms with Crippen molar-refractivity contribution in [3.63, 3.8) is 0 Å². The maximum absolute atomic E-state index is 13.1. The minimum absolute atomic E-state index is 0.298. The number of anilines is 1. The van der Waals surface area contributed by atoms with E-state index in [1.54, 1.807) is 25.1 Å². The van der Waals surface area contributed by atoms with Crippen molar-refractivity contribution in [3.05, 3.63) is 71.2 Å². The number of nitrogens with two attached hydrogens (primary N) is 2. The summed E-state index contributed by atoms with van der Waals surface area (Å²) in [5, 5.41) is 3.10. The Morgan fingerprint density at radius 1 is 1.14 bits per heavy atom. The third kappa shape index (κ3) is 4.12. The summed E-state index contributed by atoms with van der Waals surface area (Å²) in [6.45, 7) is 7.25. The average molecular weight is 381 g/mol. The zero-order valence-electron chi connectivity index (χ0n) is 16.7. The number of esters is 1. The maximum Gasteiger partial charge on any atom is 0.331 e. The molecule has 0 radical (unpaired) electrons. The Labute approximate surface area is 165 Å². The molecule has 148 valence electrons. The monoisotopic (exact) mass is 381 g/mol. The molecule has 28 heavy (non-hydrogen) atoms. The number of nitrogens with one attached hydrogen (secondary N) is 1. The van der Waals surface area contributed by atoms with Gasteiger partial charge in [-0.05, 0) is 51.0 Å². The fraction of sp³-hybridized carbons (Fsp3) is 0.318. The first-order valence-electron chi connectivity index (χ1n) is 9.20. The predicted octanol–water partition coefficient (Wildman–Crippen LogP) is 3.38.